The Hall–Kier alpha value is -0.170. The van der Waals surface area contributed by atoms with Gasteiger partial charge in [-0.25, -0.2) is 9.13 Å². The molecule has 7 heteroatoms. The highest BCUT2D eigenvalue weighted by Gasteiger charge is 2.27. The van der Waals surface area contributed by atoms with Crippen molar-refractivity contribution in [1.82, 2.24) is 0 Å². The Labute approximate surface area is 119 Å². The molecule has 0 N–H and O–H groups in total. The lowest BCUT2D eigenvalue weighted by Gasteiger charge is -2.15. The van der Waals surface area contributed by atoms with Crippen LogP contribution in [0.2, 0.25) is 0 Å². The van der Waals surface area contributed by atoms with Crippen molar-refractivity contribution in [2.45, 2.75) is 13.8 Å². The largest absolute Gasteiger partial charge is 1.00 e. The summed E-state index contributed by atoms with van der Waals surface area (Å²) in [7, 11) is -1.63. The third kappa shape index (κ3) is 5.81. The Balaban J connectivity index is 0.00000256. The summed E-state index contributed by atoms with van der Waals surface area (Å²) in [4.78, 5) is 0. The van der Waals surface area contributed by atoms with Crippen molar-refractivity contribution in [1.29, 1.82) is 0 Å². The summed E-state index contributed by atoms with van der Waals surface area (Å²) in [5.74, 6) is 0.454. The molecule has 0 aliphatic rings. The van der Waals surface area contributed by atoms with Crippen molar-refractivity contribution in [3.63, 3.8) is 0 Å². The SMILES string of the molecule is CCOP(=O)(OCC)Oc1ccc[n+](C)c1.[I-]. The number of hydrogen-bond acceptors (Lipinski definition) is 4. The summed E-state index contributed by atoms with van der Waals surface area (Å²) in [5.41, 5.74) is 0. The first kappa shape index (κ1) is 16.8. The highest BCUT2D eigenvalue weighted by atomic mass is 127. The number of halogens is 1. The van der Waals surface area contributed by atoms with Crippen LogP contribution < -0.4 is 33.1 Å². The first-order chi connectivity index (χ1) is 7.59. The fourth-order valence-corrected chi connectivity index (χ4v) is 2.33. The Morgan fingerprint density at radius 3 is 2.35 bits per heavy atom. The fraction of sp³-hybridized carbons (Fsp3) is 0.500. The molecule has 1 aromatic heterocycles. The van der Waals surface area contributed by atoms with E-state index in [2.05, 4.69) is 0 Å². The van der Waals surface area contributed by atoms with E-state index >= 15 is 0 Å². The Morgan fingerprint density at radius 1 is 1.29 bits per heavy atom. The van der Waals surface area contributed by atoms with Gasteiger partial charge in [-0.2, -0.15) is 0 Å². The summed E-state index contributed by atoms with van der Waals surface area (Å²) in [6.45, 7) is 4.02. The molecule has 0 atom stereocenters. The topological polar surface area (TPSA) is 48.6 Å². The maximum absolute atomic E-state index is 12.0. The van der Waals surface area contributed by atoms with Crippen LogP contribution in [0.1, 0.15) is 13.8 Å². The molecule has 0 amide bonds. The van der Waals surface area contributed by atoms with Crippen molar-refractivity contribution in [3.8, 4) is 5.75 Å². The zero-order valence-corrected chi connectivity index (χ0v) is 13.2. The minimum absolute atomic E-state index is 0. The molecule has 0 aromatic carbocycles. The zero-order chi connectivity index (χ0) is 12.0. The van der Waals surface area contributed by atoms with Gasteiger partial charge in [0.05, 0.1) is 13.2 Å². The van der Waals surface area contributed by atoms with E-state index in [1.54, 1.807) is 36.7 Å². The Bertz CT molecular complexity index is 378. The van der Waals surface area contributed by atoms with Gasteiger partial charge in [-0.1, -0.05) is 0 Å². The molecule has 0 saturated heterocycles. The first-order valence-corrected chi connectivity index (χ1v) is 6.59. The summed E-state index contributed by atoms with van der Waals surface area (Å²) in [6, 6.07) is 3.49. The molecule has 1 aromatic rings. The predicted molar refractivity (Wildman–Crippen MR) is 59.1 cm³/mol. The summed E-state index contributed by atoms with van der Waals surface area (Å²) in [5, 5.41) is 0. The lowest BCUT2D eigenvalue weighted by atomic mass is 10.5. The van der Waals surface area contributed by atoms with Crippen LogP contribution in [-0.4, -0.2) is 13.2 Å². The predicted octanol–water partition coefficient (Wildman–Crippen LogP) is -0.925. The van der Waals surface area contributed by atoms with Gasteiger partial charge >= 0.3 is 7.82 Å². The van der Waals surface area contributed by atoms with E-state index in [0.717, 1.165) is 0 Å². The Kier molecular flexibility index (Phi) is 7.94. The number of aromatic nitrogens is 1. The highest BCUT2D eigenvalue weighted by molar-refractivity contribution is 7.48. The zero-order valence-electron chi connectivity index (χ0n) is 10.1. The van der Waals surface area contributed by atoms with Gasteiger partial charge in [0.2, 0.25) is 6.20 Å². The van der Waals surface area contributed by atoms with Crippen LogP contribution in [0.25, 0.3) is 0 Å². The monoisotopic (exact) mass is 373 g/mol. The van der Waals surface area contributed by atoms with Crippen molar-refractivity contribution in [2.24, 2.45) is 7.05 Å². The second kappa shape index (κ2) is 8.02. The third-order valence-corrected chi connectivity index (χ3v) is 3.29. The number of hydrogen-bond donors (Lipinski definition) is 0. The number of phosphoric acid groups is 1. The molecule has 0 radical (unpaired) electrons. The Morgan fingerprint density at radius 2 is 1.88 bits per heavy atom. The van der Waals surface area contributed by atoms with Gasteiger partial charge < -0.3 is 28.5 Å². The van der Waals surface area contributed by atoms with E-state index in [9.17, 15) is 4.57 Å². The van der Waals surface area contributed by atoms with Crippen molar-refractivity contribution < 1.29 is 46.7 Å². The quantitative estimate of drug-likeness (QED) is 0.368. The lowest BCUT2D eigenvalue weighted by Crippen LogP contribution is -3.00. The summed E-state index contributed by atoms with van der Waals surface area (Å²) >= 11 is 0. The molecule has 0 spiro atoms. The first-order valence-electron chi connectivity index (χ1n) is 5.13. The number of pyridine rings is 1. The van der Waals surface area contributed by atoms with Gasteiger partial charge in [0.15, 0.2) is 11.9 Å². The fourth-order valence-electron chi connectivity index (χ4n) is 1.15. The molecule has 1 rings (SSSR count). The van der Waals surface area contributed by atoms with Crippen molar-refractivity contribution in [3.05, 3.63) is 24.5 Å². The number of aryl methyl sites for hydroxylation is 1. The second-order valence-electron chi connectivity index (χ2n) is 3.08. The molecule has 0 aliphatic heterocycles. The van der Waals surface area contributed by atoms with Crippen LogP contribution >= 0.6 is 7.82 Å². The molecule has 0 bridgehead atoms. The third-order valence-electron chi connectivity index (χ3n) is 1.70. The average molecular weight is 373 g/mol. The maximum atomic E-state index is 12.0. The van der Waals surface area contributed by atoms with Crippen LogP contribution in [0.5, 0.6) is 5.75 Å². The van der Waals surface area contributed by atoms with Crippen LogP contribution in [0.4, 0.5) is 0 Å². The standard InChI is InChI=1S/C10H17NO4P.HI/c1-4-13-16(12,14-5-2)15-10-7-6-8-11(3)9-10;/h6-9H,4-5H2,1-3H3;1H/q+1;/p-1. The van der Waals surface area contributed by atoms with Gasteiger partial charge in [-0.3, -0.25) is 9.05 Å². The molecule has 0 aliphatic carbocycles. The van der Waals surface area contributed by atoms with E-state index in [1.165, 1.54) is 0 Å². The van der Waals surface area contributed by atoms with Gasteiger partial charge in [-0.05, 0) is 19.9 Å². The smallest absolute Gasteiger partial charge is 0.530 e. The van der Waals surface area contributed by atoms with Crippen LogP contribution in [0.3, 0.4) is 0 Å². The lowest BCUT2D eigenvalue weighted by molar-refractivity contribution is -0.671. The van der Waals surface area contributed by atoms with Gasteiger partial charge in [0.1, 0.15) is 7.05 Å². The number of nitrogens with zero attached hydrogens (tertiary/aromatic N) is 1. The van der Waals surface area contributed by atoms with E-state index in [4.69, 9.17) is 13.6 Å². The minimum atomic E-state index is -3.47. The maximum Gasteiger partial charge on any atom is 0.530 e. The van der Waals surface area contributed by atoms with Gasteiger partial charge in [-0.15, -0.1) is 0 Å². The molecule has 17 heavy (non-hydrogen) atoms. The second-order valence-corrected chi connectivity index (χ2v) is 4.67. The van der Waals surface area contributed by atoms with E-state index in [-0.39, 0.29) is 37.2 Å². The molecule has 98 valence electrons. The van der Waals surface area contributed by atoms with Gasteiger partial charge in [0, 0.05) is 6.07 Å². The van der Waals surface area contributed by atoms with Crippen LogP contribution in [0.15, 0.2) is 24.5 Å². The average Bonchev–Trinajstić information content (AvgIpc) is 2.17. The molecular weight excluding hydrogens is 356 g/mol. The molecule has 5 nitrogen and oxygen atoms in total. The summed E-state index contributed by atoms with van der Waals surface area (Å²) in [6.07, 6.45) is 3.55. The molecule has 0 saturated carbocycles. The molecule has 0 fully saturated rings. The normalized spacial score (nSPS) is 10.8. The van der Waals surface area contributed by atoms with Crippen molar-refractivity contribution >= 4 is 7.82 Å². The van der Waals surface area contributed by atoms with Gasteiger partial charge in [0.25, 0.3) is 0 Å². The molecular formula is C10H17INO4P. The van der Waals surface area contributed by atoms with Crippen LogP contribution in [-0.2, 0) is 20.7 Å². The summed E-state index contributed by atoms with van der Waals surface area (Å²) < 4.78 is 29.1. The molecule has 1 heterocycles. The van der Waals surface area contributed by atoms with Crippen LogP contribution in [0, 0.1) is 0 Å². The molecule has 0 unspecified atom stereocenters. The minimum Gasteiger partial charge on any atom is -1.00 e. The van der Waals surface area contributed by atoms with Crippen molar-refractivity contribution in [2.75, 3.05) is 13.2 Å². The van der Waals surface area contributed by atoms with E-state index in [1.807, 2.05) is 13.2 Å². The highest BCUT2D eigenvalue weighted by Crippen LogP contribution is 2.48. The number of phosphoric ester groups is 1. The number of rotatable bonds is 6. The van der Waals surface area contributed by atoms with E-state index in [0.29, 0.717) is 5.75 Å². The van der Waals surface area contributed by atoms with E-state index < -0.39 is 7.82 Å².